The molecule has 0 atom stereocenters. The van der Waals surface area contributed by atoms with E-state index in [1.807, 2.05) is 11.1 Å². The molecule has 0 saturated carbocycles. The third-order valence-electron chi connectivity index (χ3n) is 2.85. The zero-order valence-electron chi connectivity index (χ0n) is 11.0. The molecule has 0 unspecified atom stereocenters. The molecule has 1 aliphatic heterocycles. The molecule has 0 aromatic heterocycles. The van der Waals surface area contributed by atoms with Crippen LogP contribution < -0.4 is 11.2 Å². The van der Waals surface area contributed by atoms with Crippen LogP contribution in [0.4, 0.5) is 11.4 Å². The van der Waals surface area contributed by atoms with Crippen LogP contribution in [-0.4, -0.2) is 43.9 Å². The van der Waals surface area contributed by atoms with Gasteiger partial charge in [-0.2, -0.15) is 0 Å². The highest BCUT2D eigenvalue weighted by Gasteiger charge is 2.14. The predicted octanol–water partition coefficient (Wildman–Crippen LogP) is 1.10. The van der Waals surface area contributed by atoms with Gasteiger partial charge in [0.15, 0.2) is 0 Å². The first-order valence-electron chi connectivity index (χ1n) is 6.36. The summed E-state index contributed by atoms with van der Waals surface area (Å²) < 4.78 is 10.2. The van der Waals surface area contributed by atoms with E-state index in [0.717, 1.165) is 18.8 Å². The molecule has 0 amide bonds. The lowest BCUT2D eigenvalue weighted by Gasteiger charge is -2.28. The minimum Gasteiger partial charge on any atom is -0.462 e. The second-order valence-corrected chi connectivity index (χ2v) is 4.23. The Bertz CT molecular complexity index is 445. The smallest absolute Gasteiger partial charge is 0.340 e. The van der Waals surface area contributed by atoms with Gasteiger partial charge in [-0.25, -0.2) is 9.80 Å². The van der Waals surface area contributed by atoms with Gasteiger partial charge in [0.25, 0.3) is 0 Å². The minimum absolute atomic E-state index is 0.333. The molecule has 19 heavy (non-hydrogen) atoms. The number of nitrogens with zero attached hydrogens (tertiary/aromatic N) is 1. The minimum atomic E-state index is -0.398. The van der Waals surface area contributed by atoms with Gasteiger partial charge in [-0.15, -0.1) is 0 Å². The number of carbonyl (C=O) groups excluding carboxylic acids is 1. The standard InChI is InChI=1S/C13H19N3O3/c1-2-19-13(17)11-9-10(3-4-12(11)14)15-16-5-7-18-8-6-16/h3-4,9,15H,2,5-8,14H2,1H3. The number of nitrogen functional groups attached to an aromatic ring is 1. The molecule has 104 valence electrons. The zero-order chi connectivity index (χ0) is 13.7. The third-order valence-corrected chi connectivity index (χ3v) is 2.85. The lowest BCUT2D eigenvalue weighted by atomic mass is 10.1. The molecule has 6 nitrogen and oxygen atoms in total. The number of carbonyl (C=O) groups is 1. The Balaban J connectivity index is 2.08. The van der Waals surface area contributed by atoms with Gasteiger partial charge in [0.1, 0.15) is 0 Å². The average molecular weight is 265 g/mol. The topological polar surface area (TPSA) is 76.8 Å². The van der Waals surface area contributed by atoms with Gasteiger partial charge in [0.2, 0.25) is 0 Å². The number of hydrogen-bond donors (Lipinski definition) is 2. The lowest BCUT2D eigenvalue weighted by Crippen LogP contribution is -2.40. The first-order valence-corrected chi connectivity index (χ1v) is 6.36. The molecule has 1 heterocycles. The Morgan fingerprint density at radius 3 is 2.89 bits per heavy atom. The van der Waals surface area contributed by atoms with Crippen molar-refractivity contribution < 1.29 is 14.3 Å². The second kappa shape index (κ2) is 6.40. The summed E-state index contributed by atoms with van der Waals surface area (Å²) in [4.78, 5) is 11.7. The van der Waals surface area contributed by atoms with Gasteiger partial charge in [0.05, 0.1) is 25.4 Å². The van der Waals surface area contributed by atoms with Crippen molar-refractivity contribution in [2.45, 2.75) is 6.92 Å². The Hall–Kier alpha value is -1.79. The molecule has 1 aromatic rings. The van der Waals surface area contributed by atoms with E-state index in [9.17, 15) is 4.79 Å². The monoisotopic (exact) mass is 265 g/mol. The van der Waals surface area contributed by atoms with Crippen molar-refractivity contribution in [1.29, 1.82) is 0 Å². The van der Waals surface area contributed by atoms with Crippen molar-refractivity contribution in [2.75, 3.05) is 44.1 Å². The van der Waals surface area contributed by atoms with E-state index in [4.69, 9.17) is 15.2 Å². The number of esters is 1. The number of benzene rings is 1. The molecular formula is C13H19N3O3. The molecule has 0 radical (unpaired) electrons. The molecule has 1 aliphatic rings. The van der Waals surface area contributed by atoms with E-state index in [0.29, 0.717) is 31.1 Å². The van der Waals surface area contributed by atoms with Gasteiger partial charge in [0, 0.05) is 24.5 Å². The van der Waals surface area contributed by atoms with Gasteiger partial charge in [-0.05, 0) is 25.1 Å². The summed E-state index contributed by atoms with van der Waals surface area (Å²) in [6.07, 6.45) is 0. The Morgan fingerprint density at radius 1 is 1.47 bits per heavy atom. The van der Waals surface area contributed by atoms with Crippen molar-refractivity contribution >= 4 is 17.3 Å². The van der Waals surface area contributed by atoms with Crippen LogP contribution in [0.15, 0.2) is 18.2 Å². The van der Waals surface area contributed by atoms with Gasteiger partial charge < -0.3 is 20.6 Å². The van der Waals surface area contributed by atoms with Crippen LogP contribution >= 0.6 is 0 Å². The fourth-order valence-corrected chi connectivity index (χ4v) is 1.87. The average Bonchev–Trinajstić information content (AvgIpc) is 2.42. The number of anilines is 2. The highest BCUT2D eigenvalue weighted by molar-refractivity contribution is 5.96. The van der Waals surface area contributed by atoms with Crippen molar-refractivity contribution in [1.82, 2.24) is 5.01 Å². The molecule has 1 aromatic carbocycles. The van der Waals surface area contributed by atoms with Crippen LogP contribution in [0.3, 0.4) is 0 Å². The molecule has 2 rings (SSSR count). The number of hydrazine groups is 1. The SMILES string of the molecule is CCOC(=O)c1cc(NN2CCOCC2)ccc1N. The quantitative estimate of drug-likeness (QED) is 0.627. The molecule has 0 bridgehead atoms. The second-order valence-electron chi connectivity index (χ2n) is 4.23. The number of ether oxygens (including phenoxy) is 2. The maximum absolute atomic E-state index is 11.7. The van der Waals surface area contributed by atoms with Crippen LogP contribution in [0.25, 0.3) is 0 Å². The van der Waals surface area contributed by atoms with Crippen LogP contribution in [-0.2, 0) is 9.47 Å². The van der Waals surface area contributed by atoms with E-state index in [2.05, 4.69) is 5.43 Å². The largest absolute Gasteiger partial charge is 0.462 e. The fourth-order valence-electron chi connectivity index (χ4n) is 1.87. The summed E-state index contributed by atoms with van der Waals surface area (Å²) in [5.74, 6) is -0.398. The zero-order valence-corrected chi connectivity index (χ0v) is 11.0. The summed E-state index contributed by atoms with van der Waals surface area (Å²) in [6.45, 7) is 5.11. The summed E-state index contributed by atoms with van der Waals surface area (Å²) in [7, 11) is 0. The normalized spacial score (nSPS) is 16.1. The summed E-state index contributed by atoms with van der Waals surface area (Å²) in [6, 6.07) is 5.26. The first-order chi connectivity index (χ1) is 9.20. The fraction of sp³-hybridized carbons (Fsp3) is 0.462. The Kier molecular flexibility index (Phi) is 4.59. The van der Waals surface area contributed by atoms with E-state index >= 15 is 0 Å². The van der Waals surface area contributed by atoms with Gasteiger partial charge in [-0.1, -0.05) is 0 Å². The van der Waals surface area contributed by atoms with E-state index in [-0.39, 0.29) is 0 Å². The molecule has 3 N–H and O–H groups in total. The number of morpholine rings is 1. The highest BCUT2D eigenvalue weighted by atomic mass is 16.5. The van der Waals surface area contributed by atoms with E-state index in [1.54, 1.807) is 19.1 Å². The molecule has 6 heteroatoms. The third kappa shape index (κ3) is 3.59. The van der Waals surface area contributed by atoms with Crippen molar-refractivity contribution in [3.63, 3.8) is 0 Å². The lowest BCUT2D eigenvalue weighted by molar-refractivity contribution is 0.0495. The molecule has 1 saturated heterocycles. The summed E-state index contributed by atoms with van der Waals surface area (Å²) in [5, 5.41) is 2.05. The predicted molar refractivity (Wildman–Crippen MR) is 72.8 cm³/mol. The number of nitrogens with two attached hydrogens (primary N) is 1. The van der Waals surface area contributed by atoms with Crippen molar-refractivity contribution in [2.24, 2.45) is 0 Å². The maximum atomic E-state index is 11.7. The highest BCUT2D eigenvalue weighted by Crippen LogP contribution is 2.19. The number of nitrogens with one attached hydrogen (secondary N) is 1. The van der Waals surface area contributed by atoms with Crippen molar-refractivity contribution in [3.8, 4) is 0 Å². The van der Waals surface area contributed by atoms with Crippen LogP contribution in [0, 0.1) is 0 Å². The van der Waals surface area contributed by atoms with Crippen molar-refractivity contribution in [3.05, 3.63) is 23.8 Å². The van der Waals surface area contributed by atoms with Gasteiger partial charge >= 0.3 is 5.97 Å². The van der Waals surface area contributed by atoms with Gasteiger partial charge in [-0.3, -0.25) is 0 Å². The van der Waals surface area contributed by atoms with Crippen LogP contribution in [0.1, 0.15) is 17.3 Å². The summed E-state index contributed by atoms with van der Waals surface area (Å²) >= 11 is 0. The molecular weight excluding hydrogens is 246 g/mol. The van der Waals surface area contributed by atoms with Crippen LogP contribution in [0.5, 0.6) is 0 Å². The maximum Gasteiger partial charge on any atom is 0.340 e. The van der Waals surface area contributed by atoms with Crippen LogP contribution in [0.2, 0.25) is 0 Å². The summed E-state index contributed by atoms with van der Waals surface area (Å²) in [5.41, 5.74) is 10.7. The number of hydrogen-bond acceptors (Lipinski definition) is 6. The van der Waals surface area contributed by atoms with E-state index < -0.39 is 5.97 Å². The molecule has 0 spiro atoms. The van der Waals surface area contributed by atoms with E-state index in [1.165, 1.54) is 0 Å². The Labute approximate surface area is 112 Å². The first kappa shape index (κ1) is 13.6. The Morgan fingerprint density at radius 2 is 2.21 bits per heavy atom. The number of rotatable bonds is 4. The molecule has 1 fully saturated rings. The molecule has 0 aliphatic carbocycles.